The molecule has 0 aromatic carbocycles. The van der Waals surface area contributed by atoms with Crippen molar-refractivity contribution in [1.82, 2.24) is 0 Å². The fourth-order valence-electron chi connectivity index (χ4n) is 0.865. The van der Waals surface area contributed by atoms with Gasteiger partial charge in [0.2, 0.25) is 6.10 Å². The van der Waals surface area contributed by atoms with Gasteiger partial charge in [-0.15, -0.1) is 0 Å². The Morgan fingerprint density at radius 2 is 1.93 bits per heavy atom. The summed E-state index contributed by atoms with van der Waals surface area (Å²) < 4.78 is 9.32. The largest absolute Gasteiger partial charge is 0.463 e. The molecule has 0 aliphatic rings. The number of rotatable bonds is 4. The van der Waals surface area contributed by atoms with Gasteiger partial charge in [0.1, 0.15) is 5.60 Å². The molecule has 0 aromatic heterocycles. The smallest absolute Gasteiger partial charge is 0.350 e. The zero-order valence-corrected chi connectivity index (χ0v) is 8.86. The van der Waals surface area contributed by atoms with Crippen LogP contribution in [-0.2, 0) is 19.1 Å². The van der Waals surface area contributed by atoms with E-state index >= 15 is 0 Å². The van der Waals surface area contributed by atoms with Gasteiger partial charge >= 0.3 is 11.9 Å². The lowest BCUT2D eigenvalue weighted by molar-refractivity contribution is -0.181. The molecule has 0 heterocycles. The van der Waals surface area contributed by atoms with Gasteiger partial charge in [0, 0.05) is 6.92 Å². The van der Waals surface area contributed by atoms with Gasteiger partial charge in [0.15, 0.2) is 0 Å². The summed E-state index contributed by atoms with van der Waals surface area (Å²) in [6.07, 6.45) is -1.28. The van der Waals surface area contributed by atoms with Crippen molar-refractivity contribution in [3.05, 3.63) is 0 Å². The molecule has 1 atom stereocenters. The molecule has 1 N–H and O–H groups in total. The lowest BCUT2D eigenvalue weighted by Crippen LogP contribution is -2.46. The van der Waals surface area contributed by atoms with Crippen molar-refractivity contribution in [3.63, 3.8) is 0 Å². The van der Waals surface area contributed by atoms with Crippen LogP contribution in [-0.4, -0.2) is 35.4 Å². The highest BCUT2D eigenvalue weighted by molar-refractivity contribution is 5.79. The van der Waals surface area contributed by atoms with Crippen molar-refractivity contribution in [2.75, 3.05) is 6.61 Å². The summed E-state index contributed by atoms with van der Waals surface area (Å²) in [7, 11) is 0. The molecule has 14 heavy (non-hydrogen) atoms. The summed E-state index contributed by atoms with van der Waals surface area (Å²) in [5.74, 6) is -1.37. The number of hydrogen-bond donors (Lipinski definition) is 1. The first-order valence-corrected chi connectivity index (χ1v) is 4.35. The third kappa shape index (κ3) is 4.23. The average Bonchev–Trinajstić information content (AvgIpc) is 1.98. The van der Waals surface area contributed by atoms with E-state index in [0.717, 1.165) is 6.92 Å². The van der Waals surface area contributed by atoms with Crippen LogP contribution in [0, 0.1) is 0 Å². The monoisotopic (exact) mass is 204 g/mol. The first-order valence-electron chi connectivity index (χ1n) is 4.35. The van der Waals surface area contributed by atoms with Gasteiger partial charge in [-0.1, -0.05) is 0 Å². The van der Waals surface area contributed by atoms with Crippen molar-refractivity contribution in [3.8, 4) is 0 Å². The SMILES string of the molecule is CCOC(=O)C(OC(C)=O)C(C)(C)O. The first kappa shape index (κ1) is 12.9. The predicted molar refractivity (Wildman–Crippen MR) is 48.5 cm³/mol. The minimum Gasteiger partial charge on any atom is -0.463 e. The van der Waals surface area contributed by atoms with Gasteiger partial charge in [0.05, 0.1) is 6.61 Å². The Morgan fingerprint density at radius 3 is 2.21 bits per heavy atom. The summed E-state index contributed by atoms with van der Waals surface area (Å²) in [6.45, 7) is 5.72. The Hall–Kier alpha value is -1.10. The van der Waals surface area contributed by atoms with Crippen molar-refractivity contribution < 1.29 is 24.2 Å². The van der Waals surface area contributed by atoms with Crippen LogP contribution in [0.3, 0.4) is 0 Å². The Kier molecular flexibility index (Phi) is 4.56. The normalized spacial score (nSPS) is 13.2. The third-order valence-corrected chi connectivity index (χ3v) is 1.43. The minimum absolute atomic E-state index is 0.173. The predicted octanol–water partition coefficient (Wildman–Crippen LogP) is 0.252. The van der Waals surface area contributed by atoms with Crippen LogP contribution in [0.2, 0.25) is 0 Å². The van der Waals surface area contributed by atoms with Crippen LogP contribution < -0.4 is 0 Å². The fraction of sp³-hybridized carbons (Fsp3) is 0.778. The molecule has 0 bridgehead atoms. The molecule has 0 aliphatic heterocycles. The lowest BCUT2D eigenvalue weighted by Gasteiger charge is -2.26. The number of hydrogen-bond acceptors (Lipinski definition) is 5. The van der Waals surface area contributed by atoms with Crippen molar-refractivity contribution in [1.29, 1.82) is 0 Å². The second-order valence-corrected chi connectivity index (χ2v) is 3.40. The standard InChI is InChI=1S/C9H16O5/c1-5-13-8(11)7(9(3,4)12)14-6(2)10/h7,12H,5H2,1-4H3. The number of carbonyl (C=O) groups excluding carboxylic acids is 2. The molecular formula is C9H16O5. The third-order valence-electron chi connectivity index (χ3n) is 1.43. The van der Waals surface area contributed by atoms with Crippen LogP contribution in [0.15, 0.2) is 0 Å². The Labute approximate surface area is 83.0 Å². The summed E-state index contributed by atoms with van der Waals surface area (Å²) in [5, 5.41) is 9.55. The van der Waals surface area contributed by atoms with Crippen LogP contribution in [0.5, 0.6) is 0 Å². The van der Waals surface area contributed by atoms with E-state index in [1.54, 1.807) is 6.92 Å². The Bertz CT molecular complexity index is 216. The molecule has 0 spiro atoms. The molecule has 5 heteroatoms. The fourth-order valence-corrected chi connectivity index (χ4v) is 0.865. The number of aliphatic hydroxyl groups is 1. The molecule has 0 saturated heterocycles. The van der Waals surface area contributed by atoms with Gasteiger partial charge in [-0.05, 0) is 20.8 Å². The Balaban J connectivity index is 4.55. The van der Waals surface area contributed by atoms with E-state index in [9.17, 15) is 14.7 Å². The van der Waals surface area contributed by atoms with Gasteiger partial charge < -0.3 is 14.6 Å². The summed E-state index contributed by atoms with van der Waals surface area (Å²) in [5.41, 5.74) is -1.45. The molecule has 0 fully saturated rings. The molecule has 82 valence electrons. The molecule has 1 unspecified atom stereocenters. The van der Waals surface area contributed by atoms with Gasteiger partial charge in [-0.25, -0.2) is 4.79 Å². The van der Waals surface area contributed by atoms with Crippen molar-refractivity contribution in [2.24, 2.45) is 0 Å². The van der Waals surface area contributed by atoms with E-state index in [0.29, 0.717) is 0 Å². The molecule has 0 saturated carbocycles. The molecule has 0 radical (unpaired) electrons. The number of esters is 2. The first-order chi connectivity index (χ1) is 6.29. The zero-order chi connectivity index (χ0) is 11.4. The zero-order valence-electron chi connectivity index (χ0n) is 8.86. The maximum Gasteiger partial charge on any atom is 0.350 e. The van der Waals surface area contributed by atoms with E-state index in [1.165, 1.54) is 13.8 Å². The Morgan fingerprint density at radius 1 is 1.43 bits per heavy atom. The highest BCUT2D eigenvalue weighted by atomic mass is 16.6. The van der Waals surface area contributed by atoms with Crippen LogP contribution in [0.1, 0.15) is 27.7 Å². The van der Waals surface area contributed by atoms with Crippen LogP contribution >= 0.6 is 0 Å². The lowest BCUT2D eigenvalue weighted by atomic mass is 10.0. The maximum atomic E-state index is 11.3. The van der Waals surface area contributed by atoms with Crippen LogP contribution in [0.4, 0.5) is 0 Å². The summed E-state index contributed by atoms with van der Waals surface area (Å²) in [4.78, 5) is 21.9. The second kappa shape index (κ2) is 4.95. The van der Waals surface area contributed by atoms with Crippen LogP contribution in [0.25, 0.3) is 0 Å². The number of carbonyl (C=O) groups is 2. The molecule has 0 amide bonds. The van der Waals surface area contributed by atoms with E-state index in [4.69, 9.17) is 0 Å². The maximum absolute atomic E-state index is 11.3. The van der Waals surface area contributed by atoms with E-state index < -0.39 is 23.6 Å². The van der Waals surface area contributed by atoms with E-state index in [2.05, 4.69) is 9.47 Å². The van der Waals surface area contributed by atoms with E-state index in [-0.39, 0.29) is 6.61 Å². The second-order valence-electron chi connectivity index (χ2n) is 3.40. The van der Waals surface area contributed by atoms with Crippen molar-refractivity contribution >= 4 is 11.9 Å². The summed E-state index contributed by atoms with van der Waals surface area (Å²) >= 11 is 0. The topological polar surface area (TPSA) is 72.8 Å². The van der Waals surface area contributed by atoms with Crippen molar-refractivity contribution in [2.45, 2.75) is 39.4 Å². The molecule has 0 aromatic rings. The quantitative estimate of drug-likeness (QED) is 0.664. The minimum atomic E-state index is -1.45. The van der Waals surface area contributed by atoms with Gasteiger partial charge in [-0.2, -0.15) is 0 Å². The average molecular weight is 204 g/mol. The molecule has 0 aliphatic carbocycles. The van der Waals surface area contributed by atoms with Gasteiger partial charge in [-0.3, -0.25) is 4.79 Å². The number of ether oxygens (including phenoxy) is 2. The van der Waals surface area contributed by atoms with E-state index in [1.807, 2.05) is 0 Å². The molecule has 5 nitrogen and oxygen atoms in total. The summed E-state index contributed by atoms with van der Waals surface area (Å²) in [6, 6.07) is 0. The molecule has 0 rings (SSSR count). The highest BCUT2D eigenvalue weighted by Gasteiger charge is 2.37. The van der Waals surface area contributed by atoms with Gasteiger partial charge in [0.25, 0.3) is 0 Å². The molecular weight excluding hydrogens is 188 g/mol. The highest BCUT2D eigenvalue weighted by Crippen LogP contribution is 2.14.